The largest absolute Gasteiger partial charge is 0.497 e. The highest BCUT2D eigenvalue weighted by Gasteiger charge is 2.17. The van der Waals surface area contributed by atoms with Gasteiger partial charge in [0.2, 0.25) is 0 Å². The van der Waals surface area contributed by atoms with Gasteiger partial charge in [-0.25, -0.2) is 0 Å². The van der Waals surface area contributed by atoms with Crippen LogP contribution in [-0.2, 0) is 0 Å². The third-order valence-electron chi connectivity index (χ3n) is 5.09. The molecule has 7 heteroatoms. The fourth-order valence-electron chi connectivity index (χ4n) is 3.29. The molecule has 0 spiro atoms. The zero-order valence-corrected chi connectivity index (χ0v) is 20.8. The van der Waals surface area contributed by atoms with Crippen molar-refractivity contribution in [2.24, 2.45) is 0 Å². The summed E-state index contributed by atoms with van der Waals surface area (Å²) in [5.41, 5.74) is 3.58. The molecule has 172 valence electrons. The minimum atomic E-state index is -0.233. The topological polar surface area (TPSA) is 66.0 Å². The van der Waals surface area contributed by atoms with E-state index in [1.54, 1.807) is 45.6 Å². The van der Waals surface area contributed by atoms with Gasteiger partial charge < -0.3 is 24.3 Å². The molecule has 0 radical (unpaired) electrons. The highest BCUT2D eigenvalue weighted by molar-refractivity contribution is 9.10. The molecule has 0 aliphatic rings. The number of ether oxygens (including phenoxy) is 4. The second-order valence-corrected chi connectivity index (χ2v) is 8.00. The van der Waals surface area contributed by atoms with Crippen molar-refractivity contribution in [3.63, 3.8) is 0 Å². The number of carbonyl (C=O) groups excluding carboxylic acids is 1. The number of anilines is 1. The quantitative estimate of drug-likeness (QED) is 0.275. The number of carbonyl (C=O) groups is 1. The van der Waals surface area contributed by atoms with Crippen LogP contribution in [0.1, 0.15) is 21.5 Å². The molecule has 3 aromatic rings. The van der Waals surface area contributed by atoms with E-state index in [1.807, 2.05) is 37.3 Å². The summed E-state index contributed by atoms with van der Waals surface area (Å²) >= 11 is 3.52. The molecular weight excluding hydrogens is 486 g/mol. The number of rotatable bonds is 9. The fraction of sp³-hybridized carbons (Fsp3) is 0.192. The summed E-state index contributed by atoms with van der Waals surface area (Å²) in [5, 5.41) is 3.37. The number of halogens is 1. The Hall–Kier alpha value is -3.45. The van der Waals surface area contributed by atoms with E-state index in [4.69, 9.17) is 18.9 Å². The van der Waals surface area contributed by atoms with E-state index in [0.29, 0.717) is 39.8 Å². The Morgan fingerprint density at radius 1 is 0.788 bits per heavy atom. The Bertz CT molecular complexity index is 1190. The van der Waals surface area contributed by atoms with Crippen LogP contribution in [0.4, 0.5) is 5.69 Å². The Kier molecular flexibility index (Phi) is 8.01. The zero-order chi connectivity index (χ0) is 24.0. The summed E-state index contributed by atoms with van der Waals surface area (Å²) in [6.07, 6.45) is 1.53. The van der Waals surface area contributed by atoms with Crippen LogP contribution in [0.3, 0.4) is 0 Å². The van der Waals surface area contributed by atoms with Crippen LogP contribution in [0, 0.1) is 6.92 Å². The van der Waals surface area contributed by atoms with Gasteiger partial charge in [-0.1, -0.05) is 15.9 Å². The predicted octanol–water partition coefficient (Wildman–Crippen LogP) is 6.13. The molecule has 0 atom stereocenters. The van der Waals surface area contributed by atoms with Gasteiger partial charge in [-0.2, -0.15) is 0 Å². The highest BCUT2D eigenvalue weighted by atomic mass is 79.9. The maximum atomic E-state index is 13.3. The molecule has 0 bridgehead atoms. The van der Waals surface area contributed by atoms with Gasteiger partial charge in [-0.3, -0.25) is 4.79 Å². The first-order valence-corrected chi connectivity index (χ1v) is 10.9. The van der Waals surface area contributed by atoms with E-state index >= 15 is 0 Å². The standard InChI is InChI=1S/C26H26BrNO5/c1-16-12-17(6-11-22(16)27)28-23(20-9-7-18(30-2)13-25(20)32-4)15-24(29)21-10-8-19(31-3)14-26(21)33-5/h6-15,28H,1-5H3/b23-15-. The van der Waals surface area contributed by atoms with Gasteiger partial charge in [0.05, 0.1) is 39.7 Å². The molecule has 33 heavy (non-hydrogen) atoms. The monoisotopic (exact) mass is 511 g/mol. The summed E-state index contributed by atoms with van der Waals surface area (Å²) < 4.78 is 22.6. The van der Waals surface area contributed by atoms with E-state index in [1.165, 1.54) is 13.2 Å². The van der Waals surface area contributed by atoms with Crippen molar-refractivity contribution in [2.75, 3.05) is 33.8 Å². The highest BCUT2D eigenvalue weighted by Crippen LogP contribution is 2.33. The molecule has 3 rings (SSSR count). The van der Waals surface area contributed by atoms with Crippen LogP contribution < -0.4 is 24.3 Å². The van der Waals surface area contributed by atoms with Gasteiger partial charge in [0.15, 0.2) is 5.78 Å². The SMILES string of the molecule is COc1ccc(C(=O)/C=C(\Nc2ccc(Br)c(C)c2)c2ccc(OC)cc2OC)c(OC)c1. The van der Waals surface area contributed by atoms with Gasteiger partial charge in [-0.15, -0.1) is 0 Å². The molecular formula is C26H26BrNO5. The molecule has 0 aliphatic heterocycles. The van der Waals surface area contributed by atoms with Crippen molar-refractivity contribution >= 4 is 33.1 Å². The summed E-state index contributed by atoms with van der Waals surface area (Å²) in [6.45, 7) is 2.00. The smallest absolute Gasteiger partial charge is 0.191 e. The summed E-state index contributed by atoms with van der Waals surface area (Å²) in [5.74, 6) is 2.02. The number of ketones is 1. The van der Waals surface area contributed by atoms with Crippen molar-refractivity contribution in [1.82, 2.24) is 0 Å². The molecule has 0 saturated heterocycles. The van der Waals surface area contributed by atoms with Gasteiger partial charge in [0, 0.05) is 33.9 Å². The summed E-state index contributed by atoms with van der Waals surface area (Å²) in [7, 11) is 6.25. The number of methoxy groups -OCH3 is 4. The number of aryl methyl sites for hydroxylation is 1. The van der Waals surface area contributed by atoms with Crippen LogP contribution >= 0.6 is 15.9 Å². The summed E-state index contributed by atoms with van der Waals surface area (Å²) in [6, 6.07) is 16.4. The maximum absolute atomic E-state index is 13.3. The van der Waals surface area contributed by atoms with Crippen LogP contribution in [0.25, 0.3) is 5.70 Å². The van der Waals surface area contributed by atoms with Gasteiger partial charge in [0.25, 0.3) is 0 Å². The molecule has 0 saturated carbocycles. The van der Waals surface area contributed by atoms with E-state index in [-0.39, 0.29) is 5.78 Å². The molecule has 0 unspecified atom stereocenters. The van der Waals surface area contributed by atoms with E-state index < -0.39 is 0 Å². The van der Waals surface area contributed by atoms with Crippen molar-refractivity contribution in [1.29, 1.82) is 0 Å². The van der Waals surface area contributed by atoms with E-state index in [9.17, 15) is 4.79 Å². The Labute approximate surface area is 202 Å². The van der Waals surface area contributed by atoms with Crippen LogP contribution in [0.2, 0.25) is 0 Å². The fourth-order valence-corrected chi connectivity index (χ4v) is 3.54. The van der Waals surface area contributed by atoms with Crippen LogP contribution in [0.5, 0.6) is 23.0 Å². The number of allylic oxidation sites excluding steroid dienone is 1. The van der Waals surface area contributed by atoms with Crippen molar-refractivity contribution in [3.05, 3.63) is 81.8 Å². The lowest BCUT2D eigenvalue weighted by atomic mass is 10.0. The lowest BCUT2D eigenvalue weighted by Crippen LogP contribution is -2.06. The predicted molar refractivity (Wildman–Crippen MR) is 134 cm³/mol. The average molecular weight is 512 g/mol. The third kappa shape index (κ3) is 5.68. The van der Waals surface area contributed by atoms with Gasteiger partial charge in [0.1, 0.15) is 23.0 Å². The number of nitrogens with one attached hydrogen (secondary N) is 1. The first-order valence-electron chi connectivity index (χ1n) is 10.1. The van der Waals surface area contributed by atoms with Gasteiger partial charge in [-0.05, 0) is 55.0 Å². The summed E-state index contributed by atoms with van der Waals surface area (Å²) in [4.78, 5) is 13.3. The molecule has 0 aliphatic carbocycles. The lowest BCUT2D eigenvalue weighted by Gasteiger charge is -2.17. The molecule has 0 heterocycles. The van der Waals surface area contributed by atoms with Crippen LogP contribution in [-0.4, -0.2) is 34.2 Å². The second-order valence-electron chi connectivity index (χ2n) is 7.14. The Balaban J connectivity index is 2.11. The molecule has 1 N–H and O–H groups in total. The average Bonchev–Trinajstić information content (AvgIpc) is 2.84. The second kappa shape index (κ2) is 10.9. The van der Waals surface area contributed by atoms with Gasteiger partial charge >= 0.3 is 0 Å². The zero-order valence-electron chi connectivity index (χ0n) is 19.2. The number of hydrogen-bond acceptors (Lipinski definition) is 6. The van der Waals surface area contributed by atoms with Crippen molar-refractivity contribution in [3.8, 4) is 23.0 Å². The minimum Gasteiger partial charge on any atom is -0.497 e. The Morgan fingerprint density at radius 3 is 1.91 bits per heavy atom. The van der Waals surface area contributed by atoms with Crippen LogP contribution in [0.15, 0.2) is 65.1 Å². The molecule has 0 fully saturated rings. The number of hydrogen-bond donors (Lipinski definition) is 1. The lowest BCUT2D eigenvalue weighted by molar-refractivity contribution is 0.104. The molecule has 0 aromatic heterocycles. The van der Waals surface area contributed by atoms with E-state index in [2.05, 4.69) is 21.2 Å². The van der Waals surface area contributed by atoms with Crippen molar-refractivity contribution < 1.29 is 23.7 Å². The first-order chi connectivity index (χ1) is 15.9. The van der Waals surface area contributed by atoms with E-state index in [0.717, 1.165) is 15.7 Å². The Morgan fingerprint density at radius 2 is 1.36 bits per heavy atom. The molecule has 6 nitrogen and oxygen atoms in total. The van der Waals surface area contributed by atoms with Crippen molar-refractivity contribution in [2.45, 2.75) is 6.92 Å². The first kappa shape index (κ1) is 24.2. The normalized spacial score (nSPS) is 11.0. The molecule has 0 amide bonds. The maximum Gasteiger partial charge on any atom is 0.191 e. The molecule has 3 aromatic carbocycles. The minimum absolute atomic E-state index is 0.233. The number of benzene rings is 3. The third-order valence-corrected chi connectivity index (χ3v) is 5.98.